The number of unbranched alkanes of at least 4 members (excludes halogenated alkanes) is 6. The highest BCUT2D eigenvalue weighted by Crippen LogP contribution is 2.32. The van der Waals surface area contributed by atoms with E-state index in [1.54, 1.807) is 0 Å². The van der Waals surface area contributed by atoms with Gasteiger partial charge in [-0.05, 0) is 37.6 Å². The number of rotatable bonds is 12. The van der Waals surface area contributed by atoms with E-state index in [2.05, 4.69) is 25.7 Å². The fourth-order valence-electron chi connectivity index (χ4n) is 3.86. The molecule has 0 aromatic rings. The van der Waals surface area contributed by atoms with Gasteiger partial charge in [0.05, 0.1) is 0 Å². The first-order valence-corrected chi connectivity index (χ1v) is 9.54. The van der Waals surface area contributed by atoms with Crippen LogP contribution in [0.15, 0.2) is 0 Å². The van der Waals surface area contributed by atoms with Crippen molar-refractivity contribution in [2.75, 3.05) is 19.6 Å². The molecule has 1 aliphatic heterocycles. The second kappa shape index (κ2) is 11.6. The van der Waals surface area contributed by atoms with Gasteiger partial charge in [-0.25, -0.2) is 0 Å². The van der Waals surface area contributed by atoms with Crippen molar-refractivity contribution in [3.05, 3.63) is 0 Å². The highest BCUT2D eigenvalue weighted by Gasteiger charge is 2.30. The lowest BCUT2D eigenvalue weighted by atomic mass is 9.87. The predicted molar refractivity (Wildman–Crippen MR) is 91.2 cm³/mol. The second-order valence-corrected chi connectivity index (χ2v) is 6.98. The van der Waals surface area contributed by atoms with E-state index in [-0.39, 0.29) is 0 Å². The molecule has 1 saturated heterocycles. The Labute approximate surface area is 128 Å². The summed E-state index contributed by atoms with van der Waals surface area (Å²) in [6.45, 7) is 11.1. The Bertz CT molecular complexity index is 194. The summed E-state index contributed by atoms with van der Waals surface area (Å²) in [4.78, 5) is 2.75. The zero-order valence-corrected chi connectivity index (χ0v) is 14.5. The molecule has 0 bridgehead atoms. The van der Waals surface area contributed by atoms with Crippen molar-refractivity contribution in [1.29, 1.82) is 0 Å². The predicted octanol–water partition coefficient (Wildman–Crippen LogP) is 5.89. The van der Waals surface area contributed by atoms with Crippen molar-refractivity contribution in [3.8, 4) is 0 Å². The SMILES string of the molecule is CCCCCCC1CN(CCC)CC1CCCCCC. The highest BCUT2D eigenvalue weighted by atomic mass is 15.1. The van der Waals surface area contributed by atoms with Gasteiger partial charge in [0.2, 0.25) is 0 Å². The molecule has 2 atom stereocenters. The molecule has 1 rings (SSSR count). The van der Waals surface area contributed by atoms with Crippen LogP contribution in [0.1, 0.15) is 91.4 Å². The average molecular weight is 282 g/mol. The van der Waals surface area contributed by atoms with E-state index in [1.807, 2.05) is 0 Å². The number of hydrogen-bond donors (Lipinski definition) is 0. The van der Waals surface area contributed by atoms with E-state index >= 15 is 0 Å². The van der Waals surface area contributed by atoms with Crippen molar-refractivity contribution >= 4 is 0 Å². The average Bonchev–Trinajstić information content (AvgIpc) is 2.82. The summed E-state index contributed by atoms with van der Waals surface area (Å²) < 4.78 is 0. The van der Waals surface area contributed by atoms with Crippen LogP contribution < -0.4 is 0 Å². The second-order valence-electron chi connectivity index (χ2n) is 6.98. The molecule has 0 aliphatic carbocycles. The number of hydrogen-bond acceptors (Lipinski definition) is 1. The molecule has 0 saturated carbocycles. The molecule has 1 aliphatic rings. The largest absolute Gasteiger partial charge is 0.303 e. The lowest BCUT2D eigenvalue weighted by molar-refractivity contribution is 0.317. The Morgan fingerprint density at radius 1 is 0.650 bits per heavy atom. The lowest BCUT2D eigenvalue weighted by Gasteiger charge is -2.18. The zero-order valence-electron chi connectivity index (χ0n) is 14.5. The standard InChI is InChI=1S/C19H39N/c1-4-7-9-11-13-18-16-20(15-6-3)17-19(18)14-12-10-8-5-2/h18-19H,4-17H2,1-3H3. The first-order chi connectivity index (χ1) is 9.81. The minimum absolute atomic E-state index is 1.01. The van der Waals surface area contributed by atoms with E-state index < -0.39 is 0 Å². The smallest absolute Gasteiger partial charge is 0.00129 e. The van der Waals surface area contributed by atoms with Gasteiger partial charge in [-0.1, -0.05) is 72.1 Å². The summed E-state index contributed by atoms with van der Waals surface area (Å²) in [5, 5.41) is 0. The molecule has 0 radical (unpaired) electrons. The first-order valence-electron chi connectivity index (χ1n) is 9.54. The van der Waals surface area contributed by atoms with Gasteiger partial charge in [0, 0.05) is 13.1 Å². The third kappa shape index (κ3) is 7.11. The van der Waals surface area contributed by atoms with Gasteiger partial charge >= 0.3 is 0 Å². The van der Waals surface area contributed by atoms with Crippen LogP contribution in [0.5, 0.6) is 0 Å². The van der Waals surface area contributed by atoms with Crippen LogP contribution in [0.3, 0.4) is 0 Å². The normalized spacial score (nSPS) is 23.6. The Hall–Kier alpha value is -0.0400. The van der Waals surface area contributed by atoms with Crippen LogP contribution in [0.25, 0.3) is 0 Å². The maximum atomic E-state index is 2.75. The molecule has 0 amide bonds. The van der Waals surface area contributed by atoms with E-state index in [4.69, 9.17) is 0 Å². The molecule has 2 unspecified atom stereocenters. The van der Waals surface area contributed by atoms with Crippen molar-refractivity contribution in [3.63, 3.8) is 0 Å². The molecule has 0 aromatic heterocycles. The van der Waals surface area contributed by atoms with Crippen LogP contribution in [0, 0.1) is 11.8 Å². The van der Waals surface area contributed by atoms with E-state index in [1.165, 1.54) is 90.3 Å². The number of likely N-dealkylation sites (tertiary alicyclic amines) is 1. The molecule has 20 heavy (non-hydrogen) atoms. The van der Waals surface area contributed by atoms with Crippen LogP contribution >= 0.6 is 0 Å². The van der Waals surface area contributed by atoms with Crippen molar-refractivity contribution in [2.45, 2.75) is 91.4 Å². The van der Waals surface area contributed by atoms with Gasteiger partial charge < -0.3 is 4.90 Å². The van der Waals surface area contributed by atoms with E-state index in [9.17, 15) is 0 Å². The van der Waals surface area contributed by atoms with Crippen LogP contribution in [0.4, 0.5) is 0 Å². The maximum absolute atomic E-state index is 2.75. The molecule has 0 aromatic carbocycles. The van der Waals surface area contributed by atoms with E-state index in [0.29, 0.717) is 0 Å². The highest BCUT2D eigenvalue weighted by molar-refractivity contribution is 4.83. The summed E-state index contributed by atoms with van der Waals surface area (Å²) in [5.41, 5.74) is 0. The molecule has 1 heterocycles. The van der Waals surface area contributed by atoms with Crippen LogP contribution in [0.2, 0.25) is 0 Å². The summed E-state index contributed by atoms with van der Waals surface area (Å²) in [5.74, 6) is 2.03. The van der Waals surface area contributed by atoms with Crippen LogP contribution in [-0.2, 0) is 0 Å². The Kier molecular flexibility index (Phi) is 10.4. The van der Waals surface area contributed by atoms with Gasteiger partial charge in [0.1, 0.15) is 0 Å². The minimum atomic E-state index is 1.01. The monoisotopic (exact) mass is 281 g/mol. The van der Waals surface area contributed by atoms with Gasteiger partial charge in [-0.2, -0.15) is 0 Å². The van der Waals surface area contributed by atoms with Gasteiger partial charge in [0.25, 0.3) is 0 Å². The fourth-order valence-corrected chi connectivity index (χ4v) is 3.86. The third-order valence-corrected chi connectivity index (χ3v) is 5.05. The first kappa shape index (κ1) is 18.0. The lowest BCUT2D eigenvalue weighted by Crippen LogP contribution is -2.21. The Morgan fingerprint density at radius 3 is 1.55 bits per heavy atom. The number of nitrogens with zero attached hydrogens (tertiary/aromatic N) is 1. The summed E-state index contributed by atoms with van der Waals surface area (Å²) >= 11 is 0. The molecule has 1 fully saturated rings. The van der Waals surface area contributed by atoms with Crippen molar-refractivity contribution < 1.29 is 0 Å². The molecular formula is C19H39N. The van der Waals surface area contributed by atoms with Crippen molar-refractivity contribution in [1.82, 2.24) is 4.90 Å². The van der Waals surface area contributed by atoms with E-state index in [0.717, 1.165) is 11.8 Å². The third-order valence-electron chi connectivity index (χ3n) is 5.05. The molecule has 0 spiro atoms. The summed E-state index contributed by atoms with van der Waals surface area (Å²) in [6, 6.07) is 0. The van der Waals surface area contributed by atoms with Gasteiger partial charge in [-0.3, -0.25) is 0 Å². The van der Waals surface area contributed by atoms with Gasteiger partial charge in [0.15, 0.2) is 0 Å². The van der Waals surface area contributed by atoms with Crippen molar-refractivity contribution in [2.24, 2.45) is 11.8 Å². The molecular weight excluding hydrogens is 242 g/mol. The quantitative estimate of drug-likeness (QED) is 0.403. The zero-order chi connectivity index (χ0) is 14.6. The summed E-state index contributed by atoms with van der Waals surface area (Å²) in [6.07, 6.45) is 15.8. The summed E-state index contributed by atoms with van der Waals surface area (Å²) in [7, 11) is 0. The molecule has 1 nitrogen and oxygen atoms in total. The fraction of sp³-hybridized carbons (Fsp3) is 1.00. The van der Waals surface area contributed by atoms with Crippen LogP contribution in [-0.4, -0.2) is 24.5 Å². The molecule has 1 heteroatoms. The Balaban J connectivity index is 2.28. The molecule has 0 N–H and O–H groups in total. The minimum Gasteiger partial charge on any atom is -0.303 e. The Morgan fingerprint density at radius 2 is 1.15 bits per heavy atom. The molecule has 120 valence electrons. The topological polar surface area (TPSA) is 3.24 Å². The van der Waals surface area contributed by atoms with Gasteiger partial charge in [-0.15, -0.1) is 0 Å². The maximum Gasteiger partial charge on any atom is 0.00129 e.